The molecule has 1 atom stereocenters. The number of anilines is 4. The lowest BCUT2D eigenvalue weighted by atomic mass is 10.0. The van der Waals surface area contributed by atoms with Gasteiger partial charge in [-0.15, -0.1) is 0 Å². The van der Waals surface area contributed by atoms with Gasteiger partial charge in [0, 0.05) is 15.5 Å². The first kappa shape index (κ1) is 22.8. The average molecular weight is 585 g/mol. The van der Waals surface area contributed by atoms with E-state index in [1.165, 1.54) is 27.6 Å². The van der Waals surface area contributed by atoms with E-state index in [-0.39, 0.29) is 0 Å². The van der Waals surface area contributed by atoms with Crippen molar-refractivity contribution in [2.75, 3.05) is 9.34 Å². The molecule has 2 aliphatic rings. The molecule has 6 aromatic rings. The fraction of sp³-hybridized carbons (Fsp3) is 0. The zero-order valence-electron chi connectivity index (χ0n) is 20.8. The number of rotatable bonds is 3. The van der Waals surface area contributed by atoms with Crippen molar-refractivity contribution in [2.45, 2.75) is 0 Å². The van der Waals surface area contributed by atoms with Crippen LogP contribution in [0, 0.1) is 0 Å². The third-order valence-electron chi connectivity index (χ3n) is 7.78. The molecular weight excluding hydrogens is 563 g/mol. The molecule has 0 saturated carbocycles. The van der Waals surface area contributed by atoms with Crippen LogP contribution in [-0.4, -0.2) is 0 Å². The van der Waals surface area contributed by atoms with Crippen LogP contribution in [0.25, 0.3) is 33.0 Å². The number of benzene rings is 6. The molecule has 0 aromatic heterocycles. The molecule has 1 aliphatic carbocycles. The van der Waals surface area contributed by atoms with E-state index in [1.54, 1.807) is 0 Å². The summed E-state index contributed by atoms with van der Waals surface area (Å²) in [6.45, 7) is 0. The summed E-state index contributed by atoms with van der Waals surface area (Å²) in [5, 5.41) is 3.10. The van der Waals surface area contributed by atoms with Crippen molar-refractivity contribution in [1.82, 2.24) is 0 Å². The van der Waals surface area contributed by atoms with Crippen LogP contribution in [0.15, 0.2) is 138 Å². The number of fused-ring (bicyclic) bond motifs is 4. The van der Waals surface area contributed by atoms with Crippen LogP contribution in [0.1, 0.15) is 0 Å². The maximum atomic E-state index is 15.9. The molecule has 0 spiro atoms. The maximum absolute atomic E-state index is 15.9. The number of para-hydroxylation sites is 1. The normalized spacial score (nSPS) is 16.9. The van der Waals surface area contributed by atoms with Crippen LogP contribution < -0.4 is 14.6 Å². The second kappa shape index (κ2) is 8.44. The molecule has 3 nitrogen and oxygen atoms in total. The molecule has 1 heterocycles. The van der Waals surface area contributed by atoms with Gasteiger partial charge in [-0.3, -0.25) is 13.9 Å². The van der Waals surface area contributed by atoms with Crippen LogP contribution in [0.4, 0.5) is 22.7 Å². The summed E-state index contributed by atoms with van der Waals surface area (Å²) in [6.07, 6.45) is 0. The number of hydrogen-bond acceptors (Lipinski definition) is 1. The standard InChI is InChI=1S/C34H22BrN2OP/c35-23-18-20-32-33(22-23)36(24-10-3-1-4-11-24)39(38,25-12-5-2-6-13-25)37(32)31-21-19-29-27-15-8-7-14-26(27)28-16-9-17-30(31)34(28)29/h1-22H. The lowest BCUT2D eigenvalue weighted by Gasteiger charge is -2.34. The number of hydrogen-bond donors (Lipinski definition) is 0. The summed E-state index contributed by atoms with van der Waals surface area (Å²) in [5.74, 6) is 0. The Labute approximate surface area is 235 Å². The summed E-state index contributed by atoms with van der Waals surface area (Å²) in [7, 11) is -3.43. The van der Waals surface area contributed by atoms with Gasteiger partial charge in [0.25, 0.3) is 0 Å². The average Bonchev–Trinajstić information content (AvgIpc) is 3.45. The van der Waals surface area contributed by atoms with Crippen molar-refractivity contribution >= 4 is 62.2 Å². The Morgan fingerprint density at radius 2 is 1.13 bits per heavy atom. The predicted molar refractivity (Wildman–Crippen MR) is 167 cm³/mol. The fourth-order valence-corrected chi connectivity index (χ4v) is 9.57. The molecule has 0 fully saturated rings. The van der Waals surface area contributed by atoms with Gasteiger partial charge in [0.05, 0.1) is 22.4 Å². The minimum atomic E-state index is -3.43. The van der Waals surface area contributed by atoms with E-state index < -0.39 is 7.44 Å². The summed E-state index contributed by atoms with van der Waals surface area (Å²) in [4.78, 5) is 0. The molecule has 1 unspecified atom stereocenters. The van der Waals surface area contributed by atoms with E-state index in [9.17, 15) is 0 Å². The minimum Gasteiger partial charge on any atom is -0.270 e. The van der Waals surface area contributed by atoms with Gasteiger partial charge in [0.15, 0.2) is 0 Å². The first-order valence-corrected chi connectivity index (χ1v) is 15.3. The van der Waals surface area contributed by atoms with Crippen molar-refractivity contribution < 1.29 is 4.57 Å². The van der Waals surface area contributed by atoms with Gasteiger partial charge >= 0.3 is 7.44 Å². The molecule has 6 aromatic carbocycles. The Hall–Kier alpha value is -4.11. The van der Waals surface area contributed by atoms with Gasteiger partial charge in [-0.05, 0) is 76.2 Å². The van der Waals surface area contributed by atoms with E-state index in [4.69, 9.17) is 0 Å². The lowest BCUT2D eigenvalue weighted by molar-refractivity contribution is 0.582. The van der Waals surface area contributed by atoms with Crippen LogP contribution in [-0.2, 0) is 4.57 Å². The summed E-state index contributed by atoms with van der Waals surface area (Å²) in [5.41, 5.74) is 8.62. The highest BCUT2D eigenvalue weighted by atomic mass is 79.9. The fourth-order valence-electron chi connectivity index (χ4n) is 6.20. The van der Waals surface area contributed by atoms with Crippen molar-refractivity contribution in [1.29, 1.82) is 0 Å². The van der Waals surface area contributed by atoms with Gasteiger partial charge in [-0.1, -0.05) is 101 Å². The van der Waals surface area contributed by atoms with Crippen LogP contribution in [0.5, 0.6) is 0 Å². The molecule has 1 aliphatic heterocycles. The Bertz CT molecular complexity index is 1940. The minimum absolute atomic E-state index is 0.785. The second-order valence-corrected chi connectivity index (χ2v) is 13.2. The monoisotopic (exact) mass is 584 g/mol. The summed E-state index contributed by atoms with van der Waals surface area (Å²) < 4.78 is 21.0. The molecule has 0 radical (unpaired) electrons. The van der Waals surface area contributed by atoms with E-state index in [2.05, 4.69) is 87.3 Å². The Morgan fingerprint density at radius 3 is 1.87 bits per heavy atom. The molecule has 5 heteroatoms. The number of nitrogens with zero attached hydrogens (tertiary/aromatic N) is 2. The zero-order valence-corrected chi connectivity index (χ0v) is 23.3. The maximum Gasteiger partial charge on any atom is 0.301 e. The summed E-state index contributed by atoms with van der Waals surface area (Å²) >= 11 is 3.68. The van der Waals surface area contributed by atoms with Crippen molar-refractivity contribution in [2.24, 2.45) is 0 Å². The smallest absolute Gasteiger partial charge is 0.270 e. The SMILES string of the molecule is O=P1(c2ccccc2)N(c2ccccc2)c2cc(Br)ccc2N1c1ccc2c3c(cccc13)-c1ccccc1-2. The Balaban J connectivity index is 1.47. The van der Waals surface area contributed by atoms with Crippen molar-refractivity contribution in [3.63, 3.8) is 0 Å². The molecule has 0 N–H and O–H groups in total. The molecular formula is C34H22BrN2OP. The third kappa shape index (κ3) is 3.13. The van der Waals surface area contributed by atoms with Gasteiger partial charge in [0.2, 0.25) is 0 Å². The Kier molecular flexibility index (Phi) is 4.94. The lowest BCUT2D eigenvalue weighted by Crippen LogP contribution is -2.26. The molecule has 0 amide bonds. The van der Waals surface area contributed by atoms with Crippen molar-refractivity contribution in [3.05, 3.63) is 138 Å². The topological polar surface area (TPSA) is 23.6 Å². The van der Waals surface area contributed by atoms with E-state index in [0.29, 0.717) is 0 Å². The molecule has 0 bridgehead atoms. The van der Waals surface area contributed by atoms with E-state index in [0.717, 1.165) is 37.9 Å². The Morgan fingerprint density at radius 1 is 0.513 bits per heavy atom. The molecule has 0 saturated heterocycles. The molecule has 186 valence electrons. The van der Waals surface area contributed by atoms with Gasteiger partial charge in [-0.25, -0.2) is 0 Å². The first-order valence-electron chi connectivity index (χ1n) is 12.9. The zero-order chi connectivity index (χ0) is 26.1. The van der Waals surface area contributed by atoms with Crippen molar-refractivity contribution in [3.8, 4) is 22.3 Å². The van der Waals surface area contributed by atoms with Crippen LogP contribution in [0.3, 0.4) is 0 Å². The highest BCUT2D eigenvalue weighted by Crippen LogP contribution is 2.71. The molecule has 8 rings (SSSR count). The van der Waals surface area contributed by atoms with E-state index in [1.807, 2.05) is 71.4 Å². The van der Waals surface area contributed by atoms with Gasteiger partial charge in [-0.2, -0.15) is 0 Å². The quantitative estimate of drug-likeness (QED) is 0.193. The highest BCUT2D eigenvalue weighted by molar-refractivity contribution is 9.10. The van der Waals surface area contributed by atoms with Gasteiger partial charge < -0.3 is 0 Å². The molecule has 39 heavy (non-hydrogen) atoms. The largest absolute Gasteiger partial charge is 0.301 e. The number of halogens is 1. The predicted octanol–water partition coefficient (Wildman–Crippen LogP) is 10.1. The highest BCUT2D eigenvalue weighted by Gasteiger charge is 2.49. The van der Waals surface area contributed by atoms with Gasteiger partial charge in [0.1, 0.15) is 0 Å². The van der Waals surface area contributed by atoms with Crippen LogP contribution >= 0.6 is 23.4 Å². The third-order valence-corrected chi connectivity index (χ3v) is 11.2. The first-order chi connectivity index (χ1) is 19.2. The van der Waals surface area contributed by atoms with E-state index >= 15 is 4.57 Å². The summed E-state index contributed by atoms with van der Waals surface area (Å²) in [6, 6.07) is 45.6. The second-order valence-electron chi connectivity index (χ2n) is 9.88. The van der Waals surface area contributed by atoms with Crippen LogP contribution in [0.2, 0.25) is 0 Å².